The van der Waals surface area contributed by atoms with Gasteiger partial charge in [0.25, 0.3) is 0 Å². The van der Waals surface area contributed by atoms with Crippen LogP contribution in [0.5, 0.6) is 0 Å². The third-order valence-electron chi connectivity index (χ3n) is 0.192. The van der Waals surface area contributed by atoms with Crippen molar-refractivity contribution in [3.05, 3.63) is 0 Å². The Morgan fingerprint density at radius 3 is 1.29 bits per heavy atom. The van der Waals surface area contributed by atoms with Gasteiger partial charge in [-0.2, -0.15) is 0 Å². The largest absolute Gasteiger partial charge is 0.303 e. The van der Waals surface area contributed by atoms with E-state index in [1.807, 2.05) is 0 Å². The molecule has 0 aromatic carbocycles. The van der Waals surface area contributed by atoms with Crippen LogP contribution in [0.2, 0.25) is 0 Å². The van der Waals surface area contributed by atoms with Crippen LogP contribution < -0.4 is 0 Å². The number of carbonyl (C=O) groups is 2. The molecule has 0 fully saturated rings. The predicted molar refractivity (Wildman–Crippen MR) is 31.2 cm³/mol. The maximum absolute atomic E-state index is 9.17. The first-order valence-electron chi connectivity index (χ1n) is 1.29. The van der Waals surface area contributed by atoms with Gasteiger partial charge in [0.1, 0.15) is 12.6 Å². The summed E-state index contributed by atoms with van der Waals surface area (Å²) >= 11 is 0. The van der Waals surface area contributed by atoms with E-state index >= 15 is 0 Å². The minimum atomic E-state index is 0. The van der Waals surface area contributed by atoms with E-state index in [1.54, 1.807) is 0 Å². The summed E-state index contributed by atoms with van der Waals surface area (Å²) < 4.78 is 0. The highest BCUT2D eigenvalue weighted by atomic mass is 35.5. The van der Waals surface area contributed by atoms with Gasteiger partial charge in [0, 0.05) is 0 Å². The van der Waals surface area contributed by atoms with Crippen molar-refractivity contribution in [3.8, 4) is 0 Å². The molecule has 0 aliphatic carbocycles. The fourth-order valence-electron chi connectivity index (χ4n) is 0.0393. The highest BCUT2D eigenvalue weighted by molar-refractivity contribution is 5.85. The van der Waals surface area contributed by atoms with Gasteiger partial charge in [0.05, 0.1) is 6.42 Å². The van der Waals surface area contributed by atoms with E-state index in [-0.39, 0.29) is 31.2 Å². The summed E-state index contributed by atoms with van der Waals surface area (Å²) in [6.07, 6.45) is 1.15. The summed E-state index contributed by atoms with van der Waals surface area (Å²) in [5.41, 5.74) is 0. The Balaban J connectivity index is -0.0000000800. The Kier molecular flexibility index (Phi) is 37.9. The molecule has 4 heteroatoms. The summed E-state index contributed by atoms with van der Waals surface area (Å²) in [5, 5.41) is 0. The van der Waals surface area contributed by atoms with Gasteiger partial charge in [0.15, 0.2) is 0 Å². The normalized spacial score (nSPS) is 4.57. The molecule has 0 N–H and O–H groups in total. The van der Waals surface area contributed by atoms with Gasteiger partial charge in [-0.05, 0) is 0 Å². The van der Waals surface area contributed by atoms with Crippen LogP contribution in [0.3, 0.4) is 0 Å². The molecule has 2 nitrogen and oxygen atoms in total. The molecule has 0 aromatic rings. The van der Waals surface area contributed by atoms with Crippen LogP contribution in [-0.2, 0) is 9.59 Å². The van der Waals surface area contributed by atoms with Crippen molar-refractivity contribution in [1.82, 2.24) is 0 Å². The highest BCUT2D eigenvalue weighted by Crippen LogP contribution is 1.50. The molecule has 0 unspecified atom stereocenters. The quantitative estimate of drug-likeness (QED) is 0.421. The summed E-state index contributed by atoms with van der Waals surface area (Å²) in [6.45, 7) is 0. The molecule has 0 radical (unpaired) electrons. The molecule has 44 valence electrons. The predicted octanol–water partition coefficient (Wildman–Crippen LogP) is 0.618. The lowest BCUT2D eigenvalue weighted by atomic mass is 10.6. The smallest absolute Gasteiger partial charge is 0.127 e. The second-order valence-corrected chi connectivity index (χ2v) is 0.569. The van der Waals surface area contributed by atoms with Crippen molar-refractivity contribution in [3.63, 3.8) is 0 Å². The molecule has 7 heavy (non-hydrogen) atoms. The van der Waals surface area contributed by atoms with Crippen molar-refractivity contribution in [1.29, 1.82) is 0 Å². The van der Waals surface area contributed by atoms with Gasteiger partial charge in [-0.25, -0.2) is 0 Å². The van der Waals surface area contributed by atoms with Crippen molar-refractivity contribution in [2.45, 2.75) is 6.42 Å². The lowest BCUT2D eigenvalue weighted by molar-refractivity contribution is -0.114. The Hall–Kier alpha value is -0.0800. The maximum atomic E-state index is 9.17. The van der Waals surface area contributed by atoms with Crippen LogP contribution in [0.4, 0.5) is 0 Å². The fourth-order valence-corrected chi connectivity index (χ4v) is 0.0393. The lowest BCUT2D eigenvalue weighted by Crippen LogP contribution is -1.69. The number of hydrogen-bond donors (Lipinski definition) is 0. The summed E-state index contributed by atoms with van der Waals surface area (Å²) in [5.74, 6) is 0. The summed E-state index contributed by atoms with van der Waals surface area (Å²) in [4.78, 5) is 18.3. The third-order valence-corrected chi connectivity index (χ3v) is 0.192. The van der Waals surface area contributed by atoms with Crippen LogP contribution in [0, 0.1) is 0 Å². The van der Waals surface area contributed by atoms with Crippen molar-refractivity contribution in [2.75, 3.05) is 0 Å². The number of hydrogen-bond acceptors (Lipinski definition) is 2. The van der Waals surface area contributed by atoms with Crippen LogP contribution in [0.15, 0.2) is 0 Å². The first kappa shape index (κ1) is 15.8. The van der Waals surface area contributed by atoms with E-state index in [0.717, 1.165) is 0 Å². The average molecular weight is 145 g/mol. The Labute approximate surface area is 54.1 Å². The molecule has 0 rings (SSSR count). The minimum Gasteiger partial charge on any atom is -0.303 e. The van der Waals surface area contributed by atoms with Crippen LogP contribution in [0.25, 0.3) is 0 Å². The molecule has 0 bridgehead atoms. The monoisotopic (exact) mass is 144 g/mol. The van der Waals surface area contributed by atoms with Crippen LogP contribution in [-0.4, -0.2) is 12.6 Å². The second kappa shape index (κ2) is 16.8. The van der Waals surface area contributed by atoms with E-state index in [2.05, 4.69) is 0 Å². The number of halogens is 2. The molecule has 0 heterocycles. The molecule has 0 aliphatic rings. The zero-order chi connectivity index (χ0) is 4.12. The van der Waals surface area contributed by atoms with Gasteiger partial charge in [-0.1, -0.05) is 0 Å². The minimum absolute atomic E-state index is 0. The maximum Gasteiger partial charge on any atom is 0.127 e. The van der Waals surface area contributed by atoms with Gasteiger partial charge < -0.3 is 9.59 Å². The van der Waals surface area contributed by atoms with Gasteiger partial charge in [0.2, 0.25) is 0 Å². The summed E-state index contributed by atoms with van der Waals surface area (Å²) in [6, 6.07) is 0. The lowest BCUT2D eigenvalue weighted by Gasteiger charge is -1.53. The fraction of sp³-hybridized carbons (Fsp3) is 0.333. The van der Waals surface area contributed by atoms with E-state index < -0.39 is 0 Å². The van der Waals surface area contributed by atoms with Crippen LogP contribution in [0.1, 0.15) is 6.42 Å². The summed E-state index contributed by atoms with van der Waals surface area (Å²) in [7, 11) is 0. The van der Waals surface area contributed by atoms with E-state index in [1.165, 1.54) is 0 Å². The third kappa shape index (κ3) is 24.7. The first-order valence-corrected chi connectivity index (χ1v) is 1.29. The molecule has 0 spiro atoms. The Bertz CT molecular complexity index is 40.2. The van der Waals surface area contributed by atoms with Crippen molar-refractivity contribution >= 4 is 37.4 Å². The number of rotatable bonds is 2. The molecular formula is C3H6Cl2O2. The van der Waals surface area contributed by atoms with E-state index in [9.17, 15) is 9.59 Å². The Morgan fingerprint density at radius 2 is 1.29 bits per heavy atom. The molecule has 0 saturated heterocycles. The van der Waals surface area contributed by atoms with Crippen molar-refractivity contribution in [2.24, 2.45) is 0 Å². The van der Waals surface area contributed by atoms with Gasteiger partial charge in [-0.3, -0.25) is 0 Å². The zero-order valence-electron chi connectivity index (χ0n) is 3.49. The SMILES string of the molecule is Cl.Cl.O=CCC=O. The Morgan fingerprint density at radius 1 is 1.00 bits per heavy atom. The number of aldehydes is 2. The van der Waals surface area contributed by atoms with E-state index in [4.69, 9.17) is 0 Å². The van der Waals surface area contributed by atoms with E-state index in [0.29, 0.717) is 12.6 Å². The zero-order valence-corrected chi connectivity index (χ0v) is 5.13. The first-order chi connectivity index (χ1) is 2.41. The number of carbonyl (C=O) groups excluding carboxylic acids is 2. The molecule has 0 amide bonds. The van der Waals surface area contributed by atoms with Gasteiger partial charge >= 0.3 is 0 Å². The average Bonchev–Trinajstić information content (AvgIpc) is 1.41. The molecule has 0 saturated carbocycles. The van der Waals surface area contributed by atoms with Crippen LogP contribution >= 0.6 is 24.8 Å². The van der Waals surface area contributed by atoms with Gasteiger partial charge in [-0.15, -0.1) is 24.8 Å². The van der Waals surface area contributed by atoms with Crippen molar-refractivity contribution < 1.29 is 9.59 Å². The second-order valence-electron chi connectivity index (χ2n) is 0.569. The standard InChI is InChI=1S/C3H4O2.2ClH/c4-2-1-3-5;;/h2-3H,1H2;2*1H. The molecule has 0 aromatic heterocycles. The molecule has 0 atom stereocenters. The topological polar surface area (TPSA) is 34.1 Å². The molecular weight excluding hydrogens is 139 g/mol. The highest BCUT2D eigenvalue weighted by Gasteiger charge is 1.65. The molecule has 0 aliphatic heterocycles.